The van der Waals surface area contributed by atoms with E-state index in [0.29, 0.717) is 15.9 Å². The van der Waals surface area contributed by atoms with Crippen molar-refractivity contribution in [3.05, 3.63) is 109 Å². The Bertz CT molecular complexity index is 967. The summed E-state index contributed by atoms with van der Waals surface area (Å²) in [5.74, 6) is 0. The standard InChI is InChI=1S/2C10H9.C5H8.C4H10OSi.Zr/c2*1-8-6-7-9-4-2-3-5-10(8)9;1-3-5-4-2;1-4(2)5-6-3;/h2*2-7H,1H3;3-5H,1H2,2H3;4H,1-3H3;/q2*-1;;;+2. The monoisotopic (exact) mass is 518 g/mol. The zero-order valence-electron chi connectivity index (χ0n) is 20.4. The zero-order valence-corrected chi connectivity index (χ0v) is 23.8. The largest absolute Gasteiger partial charge is 2.00 e. The second kappa shape index (κ2) is 17.7. The predicted octanol–water partition coefficient (Wildman–Crippen LogP) is 8.56. The minimum Gasteiger partial charge on any atom is -0.415 e. The average molecular weight is 520 g/mol. The summed E-state index contributed by atoms with van der Waals surface area (Å²) in [7, 11) is 0.638. The molecule has 0 N–H and O–H groups in total. The van der Waals surface area contributed by atoms with Crippen molar-refractivity contribution in [2.45, 2.75) is 47.3 Å². The smallest absolute Gasteiger partial charge is 0.415 e. The molecule has 0 aliphatic carbocycles. The molecule has 4 rings (SSSR count). The maximum Gasteiger partial charge on any atom is 2.00 e. The zero-order chi connectivity index (χ0) is 23.1. The van der Waals surface area contributed by atoms with Crippen molar-refractivity contribution < 1.29 is 30.6 Å². The molecule has 0 unspecified atom stereocenters. The van der Waals surface area contributed by atoms with E-state index < -0.39 is 0 Å². The molecule has 0 aromatic heterocycles. The molecule has 0 fully saturated rings. The summed E-state index contributed by atoms with van der Waals surface area (Å²) >= 11 is 0. The summed E-state index contributed by atoms with van der Waals surface area (Å²) in [4.78, 5) is 0. The molecule has 1 nitrogen and oxygen atoms in total. The number of fused-ring (bicyclic) bond motifs is 2. The van der Waals surface area contributed by atoms with Crippen LogP contribution >= 0.6 is 0 Å². The Hall–Kier alpha value is -1.80. The van der Waals surface area contributed by atoms with Gasteiger partial charge in [-0.3, -0.25) is 0 Å². The molecule has 0 heterocycles. The van der Waals surface area contributed by atoms with E-state index >= 15 is 0 Å². The Kier molecular flexibility index (Phi) is 16.7. The van der Waals surface area contributed by atoms with Crippen molar-refractivity contribution in [2.24, 2.45) is 0 Å². The van der Waals surface area contributed by atoms with Gasteiger partial charge in [0, 0.05) is 6.10 Å². The van der Waals surface area contributed by atoms with Crippen LogP contribution in [0.4, 0.5) is 0 Å². The number of benzene rings is 2. The van der Waals surface area contributed by atoms with Gasteiger partial charge in [0.25, 0.3) is 0 Å². The molecule has 166 valence electrons. The van der Waals surface area contributed by atoms with Crippen LogP contribution in [0.5, 0.6) is 0 Å². The normalized spacial score (nSPS) is 9.84. The number of aryl methyl sites for hydroxylation is 2. The summed E-state index contributed by atoms with van der Waals surface area (Å²) in [6, 6.07) is 25.5. The van der Waals surface area contributed by atoms with Gasteiger partial charge < -0.3 is 4.43 Å². The molecule has 2 radical (unpaired) electrons. The Morgan fingerprint density at radius 2 is 1.31 bits per heavy atom. The summed E-state index contributed by atoms with van der Waals surface area (Å²) < 4.78 is 5.07. The van der Waals surface area contributed by atoms with Gasteiger partial charge >= 0.3 is 26.2 Å². The SMILES string of the molecule is C=CC=CC.C[Si]OC(C)C.Cc1c[cH-]c2ccccc12.Cc1c[cH-]c2ccccc12.[Zr+2]. The van der Waals surface area contributed by atoms with Gasteiger partial charge in [-0.15, -0.1) is 70.1 Å². The van der Waals surface area contributed by atoms with Gasteiger partial charge in [-0.05, 0) is 27.3 Å². The van der Waals surface area contributed by atoms with E-state index in [9.17, 15) is 0 Å². The summed E-state index contributed by atoms with van der Waals surface area (Å²) in [6.45, 7) is 15.8. The minimum atomic E-state index is 0. The van der Waals surface area contributed by atoms with Crippen molar-refractivity contribution in [1.29, 1.82) is 0 Å². The molecule has 0 aliphatic heterocycles. The fourth-order valence-corrected chi connectivity index (χ4v) is 3.46. The molecule has 0 aliphatic rings. The second-order valence-corrected chi connectivity index (χ2v) is 7.98. The first-order valence-corrected chi connectivity index (χ1v) is 12.1. The van der Waals surface area contributed by atoms with Crippen LogP contribution in [0, 0.1) is 13.8 Å². The third-order valence-corrected chi connectivity index (χ3v) is 5.19. The molecule has 32 heavy (non-hydrogen) atoms. The Labute approximate surface area is 217 Å². The van der Waals surface area contributed by atoms with Crippen LogP contribution in [-0.4, -0.2) is 15.9 Å². The molecule has 0 saturated carbocycles. The fraction of sp³-hybridized carbons (Fsp3) is 0.241. The molecule has 0 saturated heterocycles. The maximum atomic E-state index is 5.07. The van der Waals surface area contributed by atoms with E-state index in [1.165, 1.54) is 32.7 Å². The summed E-state index contributed by atoms with van der Waals surface area (Å²) in [5.41, 5.74) is 2.74. The quantitative estimate of drug-likeness (QED) is 0.150. The van der Waals surface area contributed by atoms with E-state index in [4.69, 9.17) is 4.43 Å². The first-order valence-electron chi connectivity index (χ1n) is 10.7. The van der Waals surface area contributed by atoms with Gasteiger partial charge in [-0.2, -0.15) is 23.3 Å². The number of hydrogen-bond acceptors (Lipinski definition) is 1. The van der Waals surface area contributed by atoms with Gasteiger partial charge in [0.05, 0.1) is 0 Å². The number of hydrogen-bond donors (Lipinski definition) is 0. The summed E-state index contributed by atoms with van der Waals surface area (Å²) in [6.07, 6.45) is 5.99. The third-order valence-electron chi connectivity index (χ3n) is 4.48. The van der Waals surface area contributed by atoms with Crippen LogP contribution in [0.15, 0.2) is 97.6 Å². The average Bonchev–Trinajstić information content (AvgIpc) is 3.34. The fourth-order valence-electron chi connectivity index (χ4n) is 2.98. The van der Waals surface area contributed by atoms with E-state index in [1.54, 1.807) is 6.08 Å². The van der Waals surface area contributed by atoms with Crippen LogP contribution in [-0.2, 0) is 30.6 Å². The van der Waals surface area contributed by atoms with Crippen molar-refractivity contribution in [3.63, 3.8) is 0 Å². The molecule has 0 atom stereocenters. The molecular formula is C29H36OSiZr. The first kappa shape index (κ1) is 30.2. The van der Waals surface area contributed by atoms with Crippen LogP contribution < -0.4 is 0 Å². The predicted molar refractivity (Wildman–Crippen MR) is 141 cm³/mol. The topological polar surface area (TPSA) is 9.23 Å². The maximum absolute atomic E-state index is 5.07. The van der Waals surface area contributed by atoms with Crippen molar-refractivity contribution in [1.82, 2.24) is 0 Å². The van der Waals surface area contributed by atoms with Crippen molar-refractivity contribution in [2.75, 3.05) is 0 Å². The van der Waals surface area contributed by atoms with Crippen LogP contribution in [0.3, 0.4) is 0 Å². The molecule has 4 aromatic rings. The number of allylic oxidation sites excluding steroid dienone is 3. The molecule has 3 heteroatoms. The van der Waals surface area contributed by atoms with E-state index in [1.807, 2.05) is 39.5 Å². The van der Waals surface area contributed by atoms with Crippen LogP contribution in [0.2, 0.25) is 6.55 Å². The van der Waals surface area contributed by atoms with Gasteiger partial charge in [-0.1, -0.05) is 50.8 Å². The Morgan fingerprint density at radius 3 is 1.56 bits per heavy atom. The molecule has 0 amide bonds. The second-order valence-electron chi connectivity index (χ2n) is 7.34. The van der Waals surface area contributed by atoms with E-state index in [-0.39, 0.29) is 26.2 Å². The number of rotatable bonds is 3. The summed E-state index contributed by atoms with van der Waals surface area (Å²) in [5, 5.41) is 5.45. The van der Waals surface area contributed by atoms with Crippen LogP contribution in [0.25, 0.3) is 21.5 Å². The minimum absolute atomic E-state index is 0. The third kappa shape index (κ3) is 11.2. The van der Waals surface area contributed by atoms with Gasteiger partial charge in [0.15, 0.2) is 0 Å². The van der Waals surface area contributed by atoms with Gasteiger partial charge in [0.1, 0.15) is 0 Å². The van der Waals surface area contributed by atoms with Crippen molar-refractivity contribution >= 4 is 31.3 Å². The molecular weight excluding hydrogens is 484 g/mol. The Balaban J connectivity index is 0.000000416. The Morgan fingerprint density at radius 1 is 0.875 bits per heavy atom. The van der Waals surface area contributed by atoms with Gasteiger partial charge in [-0.25, -0.2) is 0 Å². The molecule has 4 aromatic carbocycles. The van der Waals surface area contributed by atoms with E-state index in [0.717, 1.165) is 0 Å². The molecule has 0 bridgehead atoms. The van der Waals surface area contributed by atoms with E-state index in [2.05, 4.69) is 93.2 Å². The molecule has 0 spiro atoms. The van der Waals surface area contributed by atoms with Crippen molar-refractivity contribution in [3.8, 4) is 0 Å². The van der Waals surface area contributed by atoms with Crippen LogP contribution in [0.1, 0.15) is 31.9 Å². The first-order chi connectivity index (χ1) is 14.9. The van der Waals surface area contributed by atoms with Gasteiger partial charge in [0.2, 0.25) is 9.76 Å².